The molecule has 1 atom stereocenters. The number of nitrogens with one attached hydrogen (secondary N) is 2. The first-order valence-electron chi connectivity index (χ1n) is 5.73. The molecule has 1 unspecified atom stereocenters. The highest BCUT2D eigenvalue weighted by Gasteiger charge is 2.00. The van der Waals surface area contributed by atoms with Crippen molar-refractivity contribution in [3.05, 3.63) is 0 Å². The van der Waals surface area contributed by atoms with Crippen LogP contribution in [0.2, 0.25) is 0 Å². The fraction of sp³-hybridized carbons (Fsp3) is 1.00. The fourth-order valence-electron chi connectivity index (χ4n) is 1.45. The van der Waals surface area contributed by atoms with E-state index in [4.69, 9.17) is 5.73 Å². The summed E-state index contributed by atoms with van der Waals surface area (Å²) in [7, 11) is 2.12. The molecule has 0 aliphatic carbocycles. The van der Waals surface area contributed by atoms with E-state index in [1.165, 1.54) is 18.0 Å². The zero-order chi connectivity index (χ0) is 10.8. The molecule has 14 heavy (non-hydrogen) atoms. The van der Waals surface area contributed by atoms with Crippen molar-refractivity contribution in [3.63, 3.8) is 0 Å². The minimum absolute atomic E-state index is 0.745. The van der Waals surface area contributed by atoms with Crippen molar-refractivity contribution >= 4 is 0 Å². The van der Waals surface area contributed by atoms with Gasteiger partial charge in [-0.1, -0.05) is 13.8 Å². The van der Waals surface area contributed by atoms with Gasteiger partial charge in [0.1, 0.15) is 6.54 Å². The Balaban J connectivity index is 3.27. The Morgan fingerprint density at radius 3 is 2.43 bits per heavy atom. The van der Waals surface area contributed by atoms with E-state index in [1.807, 2.05) is 0 Å². The predicted molar refractivity (Wildman–Crippen MR) is 61.2 cm³/mol. The summed E-state index contributed by atoms with van der Waals surface area (Å²) in [4.78, 5) is 2.44. The Kier molecular flexibility index (Phi) is 9.29. The van der Waals surface area contributed by atoms with Crippen molar-refractivity contribution in [1.29, 1.82) is 0 Å². The Morgan fingerprint density at radius 2 is 1.93 bits per heavy atom. The van der Waals surface area contributed by atoms with Crippen LogP contribution in [-0.2, 0) is 0 Å². The maximum absolute atomic E-state index is 5.46. The topological polar surface area (TPSA) is 45.7 Å². The van der Waals surface area contributed by atoms with Crippen molar-refractivity contribution in [1.82, 2.24) is 10.3 Å². The van der Waals surface area contributed by atoms with Crippen LogP contribution in [0.1, 0.15) is 20.3 Å². The molecule has 0 rings (SSSR count). The maximum atomic E-state index is 5.46. The molecule has 0 aromatic rings. The third-order valence-electron chi connectivity index (χ3n) is 2.49. The van der Waals surface area contributed by atoms with Gasteiger partial charge in [-0.25, -0.2) is 0 Å². The molecule has 0 bridgehead atoms. The van der Waals surface area contributed by atoms with Crippen molar-refractivity contribution in [2.24, 2.45) is 5.73 Å². The van der Waals surface area contributed by atoms with Crippen LogP contribution >= 0.6 is 0 Å². The molecule has 86 valence electrons. The van der Waals surface area contributed by atoms with Gasteiger partial charge >= 0.3 is 0 Å². The molecule has 0 aliphatic heterocycles. The van der Waals surface area contributed by atoms with E-state index in [1.54, 1.807) is 0 Å². The number of nitrogens with zero attached hydrogens (tertiary/aromatic N) is 1. The molecule has 0 saturated carbocycles. The summed E-state index contributed by atoms with van der Waals surface area (Å²) in [6.45, 7) is 10.7. The minimum Gasteiger partial charge on any atom is -0.325 e. The second-order valence-electron chi connectivity index (χ2n) is 3.63. The van der Waals surface area contributed by atoms with E-state index in [2.05, 4.69) is 31.2 Å². The van der Waals surface area contributed by atoms with Crippen LogP contribution in [0.3, 0.4) is 0 Å². The third-order valence-corrected chi connectivity index (χ3v) is 2.49. The van der Waals surface area contributed by atoms with E-state index in [-0.39, 0.29) is 0 Å². The number of nitrogens with two attached hydrogens (primary N) is 1. The van der Waals surface area contributed by atoms with Gasteiger partial charge in [0, 0.05) is 13.1 Å². The van der Waals surface area contributed by atoms with E-state index in [0.717, 1.165) is 32.7 Å². The summed E-state index contributed by atoms with van der Waals surface area (Å²) < 4.78 is 0. The first kappa shape index (κ1) is 13.8. The largest absolute Gasteiger partial charge is 0.325 e. The van der Waals surface area contributed by atoms with Crippen LogP contribution in [0, 0.1) is 0 Å². The summed E-state index contributed by atoms with van der Waals surface area (Å²) >= 11 is 0. The Bertz CT molecular complexity index is 115. The van der Waals surface area contributed by atoms with E-state index >= 15 is 0 Å². The smallest absolute Gasteiger partial charge is 0.107 e. The first-order valence-corrected chi connectivity index (χ1v) is 5.73. The van der Waals surface area contributed by atoms with Gasteiger partial charge in [0.25, 0.3) is 0 Å². The molecule has 4 nitrogen and oxygen atoms in total. The van der Waals surface area contributed by atoms with Gasteiger partial charge in [-0.2, -0.15) is 5.43 Å². The number of quaternary nitrogens is 1. The van der Waals surface area contributed by atoms with Gasteiger partial charge < -0.3 is 10.6 Å². The lowest BCUT2D eigenvalue weighted by atomic mass is 10.4. The lowest BCUT2D eigenvalue weighted by Gasteiger charge is -2.18. The highest BCUT2D eigenvalue weighted by molar-refractivity contribution is 4.51. The SMILES string of the molecule is CCN(CC)CCCN[NH+](C)CCN. The monoisotopic (exact) mass is 203 g/mol. The van der Waals surface area contributed by atoms with Crippen LogP contribution in [-0.4, -0.2) is 51.2 Å². The molecular weight excluding hydrogens is 176 g/mol. The van der Waals surface area contributed by atoms with Gasteiger partial charge in [0.15, 0.2) is 0 Å². The number of hydrogen-bond donors (Lipinski definition) is 3. The number of hydrogen-bond acceptors (Lipinski definition) is 3. The summed E-state index contributed by atoms with van der Waals surface area (Å²) in [6, 6.07) is 0. The van der Waals surface area contributed by atoms with Gasteiger partial charge in [-0.05, 0) is 26.1 Å². The summed E-state index contributed by atoms with van der Waals surface area (Å²) in [5.41, 5.74) is 8.85. The van der Waals surface area contributed by atoms with Crippen molar-refractivity contribution < 1.29 is 5.01 Å². The molecule has 0 saturated heterocycles. The molecule has 4 heteroatoms. The fourth-order valence-corrected chi connectivity index (χ4v) is 1.45. The van der Waals surface area contributed by atoms with E-state index in [0.29, 0.717) is 0 Å². The quantitative estimate of drug-likeness (QED) is 0.322. The molecule has 0 aromatic carbocycles. The maximum Gasteiger partial charge on any atom is 0.107 e. The van der Waals surface area contributed by atoms with Crippen molar-refractivity contribution in [2.75, 3.05) is 46.3 Å². The van der Waals surface area contributed by atoms with Crippen molar-refractivity contribution in [3.8, 4) is 0 Å². The van der Waals surface area contributed by atoms with Crippen LogP contribution < -0.4 is 16.2 Å². The average Bonchev–Trinajstić information content (AvgIpc) is 2.19. The molecular formula is C10H27N4+. The molecule has 0 aliphatic rings. The highest BCUT2D eigenvalue weighted by atomic mass is 15.5. The zero-order valence-corrected chi connectivity index (χ0v) is 9.97. The zero-order valence-electron chi connectivity index (χ0n) is 9.97. The van der Waals surface area contributed by atoms with Crippen LogP contribution in [0.15, 0.2) is 0 Å². The van der Waals surface area contributed by atoms with Crippen molar-refractivity contribution in [2.45, 2.75) is 20.3 Å². The number of rotatable bonds is 9. The molecule has 0 amide bonds. The molecule has 0 heterocycles. The predicted octanol–water partition coefficient (Wildman–Crippen LogP) is -1.30. The van der Waals surface area contributed by atoms with Gasteiger partial charge in [-0.15, -0.1) is 0 Å². The standard InChI is InChI=1S/C10H26N4/c1-4-14(5-2)9-6-8-12-13(3)10-7-11/h12H,4-11H2,1-3H3/p+1. The first-order chi connectivity index (χ1) is 6.74. The van der Waals surface area contributed by atoms with Gasteiger partial charge in [0.2, 0.25) is 0 Å². The Labute approximate surface area is 88.4 Å². The second kappa shape index (κ2) is 9.40. The highest BCUT2D eigenvalue weighted by Crippen LogP contribution is 1.88. The number of likely N-dealkylation sites (N-methyl/N-ethyl adjacent to an activating group) is 1. The lowest BCUT2D eigenvalue weighted by Crippen LogP contribution is -3.16. The molecule has 0 radical (unpaired) electrons. The minimum atomic E-state index is 0.745. The van der Waals surface area contributed by atoms with E-state index in [9.17, 15) is 0 Å². The van der Waals surface area contributed by atoms with Gasteiger partial charge in [-0.3, -0.25) is 5.01 Å². The lowest BCUT2D eigenvalue weighted by molar-refractivity contribution is -0.924. The Hall–Kier alpha value is -0.160. The average molecular weight is 203 g/mol. The third kappa shape index (κ3) is 7.26. The van der Waals surface area contributed by atoms with Crippen LogP contribution in [0.25, 0.3) is 0 Å². The molecule has 0 aromatic heterocycles. The molecule has 4 N–H and O–H groups in total. The van der Waals surface area contributed by atoms with Crippen LogP contribution in [0.4, 0.5) is 0 Å². The molecule has 0 spiro atoms. The normalized spacial score (nSPS) is 13.5. The summed E-state index contributed by atoms with van der Waals surface area (Å²) in [6.07, 6.45) is 1.21. The Morgan fingerprint density at radius 1 is 1.29 bits per heavy atom. The summed E-state index contributed by atoms with van der Waals surface area (Å²) in [5, 5.41) is 1.31. The van der Waals surface area contributed by atoms with Crippen LogP contribution in [0.5, 0.6) is 0 Å². The molecule has 0 fully saturated rings. The van der Waals surface area contributed by atoms with Gasteiger partial charge in [0.05, 0.1) is 7.05 Å². The van der Waals surface area contributed by atoms with E-state index < -0.39 is 0 Å². The second-order valence-corrected chi connectivity index (χ2v) is 3.63. The summed E-state index contributed by atoms with van der Waals surface area (Å²) in [5.74, 6) is 0.